The molecule has 4 heterocycles. The Hall–Kier alpha value is -1.76. The summed E-state index contributed by atoms with van der Waals surface area (Å²) in [5.74, 6) is 1.01. The number of imidazole rings is 1. The van der Waals surface area contributed by atoms with Crippen molar-refractivity contribution in [3.63, 3.8) is 0 Å². The van der Waals surface area contributed by atoms with Gasteiger partial charge in [0.15, 0.2) is 0 Å². The number of hydrogen-bond donors (Lipinski definition) is 0. The van der Waals surface area contributed by atoms with E-state index in [9.17, 15) is 0 Å². The molecule has 2 aliphatic rings. The number of hydrogen-bond acceptors (Lipinski definition) is 5. The zero-order valence-electron chi connectivity index (χ0n) is 15.5. The second-order valence-corrected chi connectivity index (χ2v) is 7.51. The highest BCUT2D eigenvalue weighted by molar-refractivity contribution is 5.22. The number of aryl methyl sites for hydroxylation is 1. The predicted octanol–water partition coefficient (Wildman–Crippen LogP) is 2.36. The normalized spacial score (nSPS) is 21.7. The minimum atomic E-state index is 0.364. The lowest BCUT2D eigenvalue weighted by molar-refractivity contribution is 0.0127. The average Bonchev–Trinajstić information content (AvgIpc) is 3.04. The van der Waals surface area contributed by atoms with Gasteiger partial charge in [0.2, 0.25) is 0 Å². The molecule has 0 radical (unpaired) electrons. The van der Waals surface area contributed by atoms with E-state index in [0.717, 1.165) is 58.9 Å². The molecule has 6 heteroatoms. The molecular formula is C20H28N4O2. The maximum absolute atomic E-state index is 6.16. The highest BCUT2D eigenvalue weighted by atomic mass is 16.5. The number of fused-ring (bicyclic) bond motifs is 1. The molecular weight excluding hydrogens is 328 g/mol. The Balaban J connectivity index is 1.39. The van der Waals surface area contributed by atoms with Crippen LogP contribution in [-0.2, 0) is 29.6 Å². The average molecular weight is 356 g/mol. The molecule has 0 unspecified atom stereocenters. The van der Waals surface area contributed by atoms with E-state index in [4.69, 9.17) is 9.47 Å². The van der Waals surface area contributed by atoms with E-state index < -0.39 is 0 Å². The van der Waals surface area contributed by atoms with Crippen LogP contribution < -0.4 is 0 Å². The molecule has 1 fully saturated rings. The van der Waals surface area contributed by atoms with Gasteiger partial charge in [-0.15, -0.1) is 0 Å². The number of ether oxygens (including phenoxy) is 2. The number of rotatable bonds is 6. The Morgan fingerprint density at radius 3 is 2.96 bits per heavy atom. The highest BCUT2D eigenvalue weighted by Gasteiger charge is 2.29. The van der Waals surface area contributed by atoms with Gasteiger partial charge in [-0.05, 0) is 30.4 Å². The summed E-state index contributed by atoms with van der Waals surface area (Å²) in [7, 11) is 2.09. The zero-order chi connectivity index (χ0) is 17.8. The molecule has 0 bridgehead atoms. The SMILES string of the molecule is Cn1cnc2c1[C@@H](COCC1CCOCC1)CN(Cc1cccnc1)C2. The van der Waals surface area contributed by atoms with E-state index in [1.54, 1.807) is 0 Å². The van der Waals surface area contributed by atoms with Crippen molar-refractivity contribution in [2.24, 2.45) is 13.0 Å². The third-order valence-electron chi connectivity index (χ3n) is 5.44. The molecule has 0 aliphatic carbocycles. The minimum absolute atomic E-state index is 0.364. The van der Waals surface area contributed by atoms with Crippen molar-refractivity contribution in [2.45, 2.75) is 31.8 Å². The number of aromatic nitrogens is 3. The molecule has 6 nitrogen and oxygen atoms in total. The third-order valence-corrected chi connectivity index (χ3v) is 5.44. The molecule has 0 spiro atoms. The molecule has 26 heavy (non-hydrogen) atoms. The molecule has 0 aromatic carbocycles. The van der Waals surface area contributed by atoms with Gasteiger partial charge in [0, 0.05) is 70.5 Å². The van der Waals surface area contributed by atoms with Crippen LogP contribution in [0.3, 0.4) is 0 Å². The van der Waals surface area contributed by atoms with Crippen molar-refractivity contribution in [2.75, 3.05) is 33.0 Å². The van der Waals surface area contributed by atoms with Gasteiger partial charge in [-0.3, -0.25) is 9.88 Å². The maximum Gasteiger partial charge on any atom is 0.0949 e. The Bertz CT molecular complexity index is 697. The molecule has 2 aliphatic heterocycles. The standard InChI is InChI=1S/C20H28N4O2/c1-23-15-22-19-12-24(10-17-3-2-6-21-9-17)11-18(20(19)23)14-26-13-16-4-7-25-8-5-16/h2-3,6,9,15-16,18H,4-5,7-8,10-14H2,1H3/t18-/m1/s1. The van der Waals surface area contributed by atoms with Gasteiger partial charge in [-0.25, -0.2) is 4.98 Å². The summed E-state index contributed by atoms with van der Waals surface area (Å²) in [5.41, 5.74) is 3.76. The smallest absolute Gasteiger partial charge is 0.0949 e. The lowest BCUT2D eigenvalue weighted by atomic mass is 9.98. The Labute approximate surface area is 155 Å². The monoisotopic (exact) mass is 356 g/mol. The molecule has 2 aromatic heterocycles. The fraction of sp³-hybridized carbons (Fsp3) is 0.600. The van der Waals surface area contributed by atoms with E-state index in [-0.39, 0.29) is 0 Å². The van der Waals surface area contributed by atoms with Crippen molar-refractivity contribution in [3.05, 3.63) is 47.8 Å². The molecule has 140 valence electrons. The second-order valence-electron chi connectivity index (χ2n) is 7.51. The molecule has 2 aromatic rings. The fourth-order valence-electron chi connectivity index (χ4n) is 4.10. The summed E-state index contributed by atoms with van der Waals surface area (Å²) >= 11 is 0. The van der Waals surface area contributed by atoms with Crippen LogP contribution >= 0.6 is 0 Å². The van der Waals surface area contributed by atoms with Gasteiger partial charge < -0.3 is 14.0 Å². The first-order chi connectivity index (χ1) is 12.8. The summed E-state index contributed by atoms with van der Waals surface area (Å²) < 4.78 is 13.8. The van der Waals surface area contributed by atoms with Gasteiger partial charge >= 0.3 is 0 Å². The maximum atomic E-state index is 6.16. The number of pyridine rings is 1. The van der Waals surface area contributed by atoms with Crippen molar-refractivity contribution >= 4 is 0 Å². The zero-order valence-corrected chi connectivity index (χ0v) is 15.5. The van der Waals surface area contributed by atoms with Crippen LogP contribution in [0.4, 0.5) is 0 Å². The lowest BCUT2D eigenvalue weighted by Gasteiger charge is -2.33. The highest BCUT2D eigenvalue weighted by Crippen LogP contribution is 2.29. The van der Waals surface area contributed by atoms with E-state index in [1.165, 1.54) is 17.0 Å². The fourth-order valence-corrected chi connectivity index (χ4v) is 4.10. The first-order valence-electron chi connectivity index (χ1n) is 9.56. The quantitative estimate of drug-likeness (QED) is 0.795. The van der Waals surface area contributed by atoms with Crippen LogP contribution in [0, 0.1) is 5.92 Å². The predicted molar refractivity (Wildman–Crippen MR) is 98.7 cm³/mol. The van der Waals surface area contributed by atoms with Crippen LogP contribution in [-0.4, -0.2) is 52.4 Å². The van der Waals surface area contributed by atoms with Gasteiger partial charge in [0.1, 0.15) is 0 Å². The largest absolute Gasteiger partial charge is 0.381 e. The van der Waals surface area contributed by atoms with E-state index >= 15 is 0 Å². The van der Waals surface area contributed by atoms with Crippen molar-refractivity contribution < 1.29 is 9.47 Å². The van der Waals surface area contributed by atoms with E-state index in [1.807, 2.05) is 24.8 Å². The van der Waals surface area contributed by atoms with Crippen LogP contribution in [0.15, 0.2) is 30.9 Å². The third kappa shape index (κ3) is 4.14. The van der Waals surface area contributed by atoms with Crippen molar-refractivity contribution in [3.8, 4) is 0 Å². The van der Waals surface area contributed by atoms with Gasteiger partial charge in [0.25, 0.3) is 0 Å². The number of nitrogens with zero attached hydrogens (tertiary/aromatic N) is 4. The van der Waals surface area contributed by atoms with Gasteiger partial charge in [-0.1, -0.05) is 6.07 Å². The summed E-state index contributed by atoms with van der Waals surface area (Å²) in [4.78, 5) is 11.3. The van der Waals surface area contributed by atoms with Gasteiger partial charge in [-0.2, -0.15) is 0 Å². The Kier molecular flexibility index (Phi) is 5.62. The molecule has 0 saturated carbocycles. The molecule has 0 N–H and O–H groups in total. The van der Waals surface area contributed by atoms with Gasteiger partial charge in [0.05, 0.1) is 18.6 Å². The first-order valence-corrected chi connectivity index (χ1v) is 9.56. The summed E-state index contributed by atoms with van der Waals surface area (Å²) in [6.45, 7) is 6.14. The van der Waals surface area contributed by atoms with Crippen LogP contribution in [0.1, 0.15) is 35.7 Å². The Morgan fingerprint density at radius 2 is 2.15 bits per heavy atom. The van der Waals surface area contributed by atoms with Crippen LogP contribution in [0.2, 0.25) is 0 Å². The Morgan fingerprint density at radius 1 is 1.27 bits per heavy atom. The lowest BCUT2D eigenvalue weighted by Crippen LogP contribution is -2.36. The molecule has 1 atom stereocenters. The molecule has 1 saturated heterocycles. The summed E-state index contributed by atoms with van der Waals surface area (Å²) in [6.07, 6.45) is 7.95. The first kappa shape index (κ1) is 17.6. The van der Waals surface area contributed by atoms with E-state index in [2.05, 4.69) is 32.5 Å². The second kappa shape index (κ2) is 8.29. The summed E-state index contributed by atoms with van der Waals surface area (Å²) in [6, 6.07) is 4.14. The van der Waals surface area contributed by atoms with Crippen LogP contribution in [0.25, 0.3) is 0 Å². The molecule has 0 amide bonds. The van der Waals surface area contributed by atoms with E-state index in [0.29, 0.717) is 11.8 Å². The molecule has 4 rings (SSSR count). The van der Waals surface area contributed by atoms with Crippen molar-refractivity contribution in [1.29, 1.82) is 0 Å². The summed E-state index contributed by atoms with van der Waals surface area (Å²) in [5, 5.41) is 0. The van der Waals surface area contributed by atoms with Crippen LogP contribution in [0.5, 0.6) is 0 Å². The topological polar surface area (TPSA) is 52.4 Å². The minimum Gasteiger partial charge on any atom is -0.381 e. The van der Waals surface area contributed by atoms with Crippen molar-refractivity contribution in [1.82, 2.24) is 19.4 Å².